The summed E-state index contributed by atoms with van der Waals surface area (Å²) < 4.78 is 0.328. The molecule has 0 atom stereocenters. The molecule has 1 N–H and O–H groups in total. The van der Waals surface area contributed by atoms with Crippen LogP contribution < -0.4 is 5.43 Å². The van der Waals surface area contributed by atoms with E-state index in [1.165, 1.54) is 18.7 Å². The van der Waals surface area contributed by atoms with E-state index >= 15 is 0 Å². The largest absolute Gasteiger partial charge is 0.350 e. The first-order valence-corrected chi connectivity index (χ1v) is 6.38. The number of carbonyl (C=O) groups is 2. The van der Waals surface area contributed by atoms with Gasteiger partial charge in [-0.3, -0.25) is 15.0 Å². The van der Waals surface area contributed by atoms with Crippen LogP contribution in [0.5, 0.6) is 0 Å². The number of thiocarbonyl (C=S) groups is 1. The van der Waals surface area contributed by atoms with Crippen LogP contribution in [0, 0.1) is 0 Å². The standard InChI is InChI=1S/C11H11N3O2S2/c1-7(15)12-14-10(16)9(18-11(14)17)8-5-3-4-6-13(8)2/h3-6H,1-2H3,(H,12,15)/b9-8+. The van der Waals surface area contributed by atoms with E-state index in [-0.39, 0.29) is 11.8 Å². The van der Waals surface area contributed by atoms with Crippen LogP contribution in [0.25, 0.3) is 0 Å². The van der Waals surface area contributed by atoms with Crippen molar-refractivity contribution in [3.8, 4) is 0 Å². The van der Waals surface area contributed by atoms with Gasteiger partial charge in [0.15, 0.2) is 4.32 Å². The Balaban J connectivity index is 2.33. The van der Waals surface area contributed by atoms with Crippen molar-refractivity contribution >= 4 is 40.1 Å². The molecule has 2 aliphatic rings. The van der Waals surface area contributed by atoms with Crippen molar-refractivity contribution in [2.24, 2.45) is 0 Å². The Labute approximate surface area is 114 Å². The summed E-state index contributed by atoms with van der Waals surface area (Å²) in [5.74, 6) is -0.632. The van der Waals surface area contributed by atoms with Crippen molar-refractivity contribution in [2.75, 3.05) is 7.05 Å². The van der Waals surface area contributed by atoms with Crippen molar-refractivity contribution in [3.05, 3.63) is 35.0 Å². The average Bonchev–Trinajstić information content (AvgIpc) is 2.57. The molecule has 5 nitrogen and oxygen atoms in total. The Morgan fingerprint density at radius 1 is 1.44 bits per heavy atom. The van der Waals surface area contributed by atoms with E-state index < -0.39 is 0 Å². The summed E-state index contributed by atoms with van der Waals surface area (Å²) in [6.45, 7) is 1.33. The first kappa shape index (κ1) is 12.8. The number of hydrogen-bond acceptors (Lipinski definition) is 5. The lowest BCUT2D eigenvalue weighted by Crippen LogP contribution is -2.43. The van der Waals surface area contributed by atoms with Gasteiger partial charge in [-0.15, -0.1) is 0 Å². The molecule has 0 aromatic heterocycles. The van der Waals surface area contributed by atoms with Crippen molar-refractivity contribution in [3.63, 3.8) is 0 Å². The summed E-state index contributed by atoms with van der Waals surface area (Å²) in [6, 6.07) is 0. The van der Waals surface area contributed by atoms with Crippen LogP contribution in [0.1, 0.15) is 6.92 Å². The van der Waals surface area contributed by atoms with Gasteiger partial charge in [0.05, 0.1) is 5.70 Å². The number of carbonyl (C=O) groups excluding carboxylic acids is 2. The van der Waals surface area contributed by atoms with Crippen LogP contribution in [0.4, 0.5) is 0 Å². The molecule has 2 rings (SSSR count). The number of thioether (sulfide) groups is 1. The first-order valence-electron chi connectivity index (χ1n) is 5.16. The van der Waals surface area contributed by atoms with Gasteiger partial charge in [0, 0.05) is 20.2 Å². The summed E-state index contributed by atoms with van der Waals surface area (Å²) in [7, 11) is 1.85. The van der Waals surface area contributed by atoms with Gasteiger partial charge in [-0.2, -0.15) is 5.01 Å². The quantitative estimate of drug-likeness (QED) is 0.577. The molecule has 1 saturated heterocycles. The zero-order valence-electron chi connectivity index (χ0n) is 9.84. The van der Waals surface area contributed by atoms with E-state index in [0.717, 1.165) is 10.7 Å². The minimum absolute atomic E-state index is 0.304. The molecule has 18 heavy (non-hydrogen) atoms. The van der Waals surface area contributed by atoms with Gasteiger partial charge in [-0.05, 0) is 24.4 Å². The molecule has 2 heterocycles. The molecule has 1 fully saturated rings. The highest BCUT2D eigenvalue weighted by atomic mass is 32.2. The minimum Gasteiger partial charge on any atom is -0.350 e. The van der Waals surface area contributed by atoms with E-state index in [0.29, 0.717) is 9.23 Å². The molecule has 0 bridgehead atoms. The molecule has 0 unspecified atom stereocenters. The molecule has 2 amide bonds. The Kier molecular flexibility index (Phi) is 3.53. The fraction of sp³-hybridized carbons (Fsp3) is 0.182. The van der Waals surface area contributed by atoms with Crippen LogP contribution in [0.3, 0.4) is 0 Å². The molecule has 7 heteroatoms. The smallest absolute Gasteiger partial charge is 0.287 e. The number of nitrogens with zero attached hydrogens (tertiary/aromatic N) is 2. The van der Waals surface area contributed by atoms with Crippen LogP contribution in [0.15, 0.2) is 35.0 Å². The third-order valence-electron chi connectivity index (χ3n) is 2.33. The number of amides is 2. The predicted octanol–water partition coefficient (Wildman–Crippen LogP) is 1.12. The molecule has 0 radical (unpaired) electrons. The summed E-state index contributed by atoms with van der Waals surface area (Å²) in [5.41, 5.74) is 3.18. The van der Waals surface area contributed by atoms with E-state index in [9.17, 15) is 9.59 Å². The molecular weight excluding hydrogens is 270 g/mol. The summed E-state index contributed by atoms with van der Waals surface area (Å²) >= 11 is 6.26. The van der Waals surface area contributed by atoms with E-state index in [1.54, 1.807) is 0 Å². The molecule has 94 valence electrons. The van der Waals surface area contributed by atoms with Gasteiger partial charge in [0.1, 0.15) is 4.91 Å². The summed E-state index contributed by atoms with van der Waals surface area (Å²) in [5, 5.41) is 1.10. The fourth-order valence-corrected chi connectivity index (χ4v) is 2.80. The normalized spacial score (nSPS) is 23.0. The van der Waals surface area contributed by atoms with Crippen LogP contribution in [0.2, 0.25) is 0 Å². The fourth-order valence-electron chi connectivity index (χ4n) is 1.54. The molecule has 0 aromatic rings. The van der Waals surface area contributed by atoms with Crippen molar-refractivity contribution in [1.29, 1.82) is 0 Å². The van der Waals surface area contributed by atoms with Gasteiger partial charge < -0.3 is 4.90 Å². The third-order valence-corrected chi connectivity index (χ3v) is 3.70. The van der Waals surface area contributed by atoms with Crippen molar-refractivity contribution in [1.82, 2.24) is 15.3 Å². The Morgan fingerprint density at radius 2 is 2.17 bits per heavy atom. The lowest BCUT2D eigenvalue weighted by atomic mass is 10.2. The lowest BCUT2D eigenvalue weighted by Gasteiger charge is -2.19. The number of hydrogen-bond donors (Lipinski definition) is 1. The number of rotatable bonds is 1. The monoisotopic (exact) mass is 281 g/mol. The van der Waals surface area contributed by atoms with Crippen LogP contribution in [-0.2, 0) is 9.59 Å². The van der Waals surface area contributed by atoms with Gasteiger partial charge in [-0.25, -0.2) is 0 Å². The molecular formula is C11H11N3O2S2. The second kappa shape index (κ2) is 4.95. The predicted molar refractivity (Wildman–Crippen MR) is 73.9 cm³/mol. The lowest BCUT2D eigenvalue weighted by molar-refractivity contribution is -0.132. The summed E-state index contributed by atoms with van der Waals surface area (Å²) in [4.78, 5) is 25.5. The van der Waals surface area contributed by atoms with E-state index in [4.69, 9.17) is 12.2 Å². The highest BCUT2D eigenvalue weighted by Gasteiger charge is 2.35. The zero-order valence-corrected chi connectivity index (χ0v) is 11.5. The Morgan fingerprint density at radius 3 is 2.78 bits per heavy atom. The van der Waals surface area contributed by atoms with E-state index in [1.807, 2.05) is 36.4 Å². The molecule has 0 aromatic carbocycles. The van der Waals surface area contributed by atoms with Crippen LogP contribution >= 0.6 is 24.0 Å². The number of nitrogens with one attached hydrogen (secondary N) is 1. The maximum atomic E-state index is 12.2. The molecule has 0 aliphatic carbocycles. The highest BCUT2D eigenvalue weighted by molar-refractivity contribution is 8.26. The second-order valence-electron chi connectivity index (χ2n) is 3.70. The molecule has 2 aliphatic heterocycles. The second-order valence-corrected chi connectivity index (χ2v) is 5.35. The summed E-state index contributed by atoms with van der Waals surface area (Å²) in [6.07, 6.45) is 7.40. The average molecular weight is 281 g/mol. The Bertz CT molecular complexity index is 522. The van der Waals surface area contributed by atoms with Crippen molar-refractivity contribution in [2.45, 2.75) is 6.92 Å². The van der Waals surface area contributed by atoms with E-state index in [2.05, 4.69) is 5.43 Å². The van der Waals surface area contributed by atoms with Gasteiger partial charge >= 0.3 is 0 Å². The topological polar surface area (TPSA) is 52.7 Å². The molecule has 0 saturated carbocycles. The number of likely N-dealkylation sites (N-methyl/N-ethyl adjacent to an activating group) is 1. The number of allylic oxidation sites excluding steroid dienone is 3. The van der Waals surface area contributed by atoms with Gasteiger partial charge in [0.25, 0.3) is 5.91 Å². The van der Waals surface area contributed by atoms with Gasteiger partial charge in [0.2, 0.25) is 5.91 Å². The highest BCUT2D eigenvalue weighted by Crippen LogP contribution is 2.34. The number of hydrazine groups is 1. The maximum absolute atomic E-state index is 12.2. The SMILES string of the molecule is CC(=O)NN1C(=O)/C(=C2/C=CC=CN2C)SC1=S. The maximum Gasteiger partial charge on any atom is 0.287 e. The van der Waals surface area contributed by atoms with Crippen molar-refractivity contribution < 1.29 is 9.59 Å². The minimum atomic E-state index is -0.329. The molecule has 0 spiro atoms. The first-order chi connectivity index (χ1) is 8.50. The zero-order chi connectivity index (χ0) is 13.3. The Hall–Kier alpha value is -1.60. The third kappa shape index (κ3) is 2.32. The van der Waals surface area contributed by atoms with Gasteiger partial charge in [-0.1, -0.05) is 17.8 Å². The van der Waals surface area contributed by atoms with Crippen LogP contribution in [-0.4, -0.2) is 33.1 Å².